The minimum Gasteiger partial charge on any atom is -0.477 e. The van der Waals surface area contributed by atoms with Crippen LogP contribution in [0.15, 0.2) is 18.2 Å². The largest absolute Gasteiger partial charge is 0.477 e. The maximum atomic E-state index is 9.70. The molecule has 0 amide bonds. The molecule has 8 nitrogen and oxygen atoms in total. The number of aliphatic hydroxyl groups is 1. The van der Waals surface area contributed by atoms with Gasteiger partial charge in [-0.15, -0.1) is 0 Å². The van der Waals surface area contributed by atoms with Crippen molar-refractivity contribution in [2.24, 2.45) is 0 Å². The molecular formula is C18H16N4O4. The van der Waals surface area contributed by atoms with Gasteiger partial charge in [-0.2, -0.15) is 15.5 Å². The van der Waals surface area contributed by atoms with E-state index in [9.17, 15) is 10.5 Å². The van der Waals surface area contributed by atoms with Crippen LogP contribution in [0.1, 0.15) is 18.1 Å². The lowest BCUT2D eigenvalue weighted by molar-refractivity contribution is 0.174. The van der Waals surface area contributed by atoms with Crippen LogP contribution in [0, 0.1) is 22.7 Å². The second-order valence-electron chi connectivity index (χ2n) is 5.27. The summed E-state index contributed by atoms with van der Waals surface area (Å²) < 4.78 is 16.2. The van der Waals surface area contributed by atoms with Gasteiger partial charge in [0.05, 0.1) is 13.2 Å². The van der Waals surface area contributed by atoms with Crippen LogP contribution in [0.25, 0.3) is 11.1 Å². The van der Waals surface area contributed by atoms with E-state index in [1.54, 1.807) is 25.1 Å². The first kappa shape index (κ1) is 17.3. The molecule has 1 aromatic heterocycles. The number of ether oxygens (including phenoxy) is 3. The summed E-state index contributed by atoms with van der Waals surface area (Å²) in [5.74, 6) is 1.51. The van der Waals surface area contributed by atoms with Gasteiger partial charge in [0.2, 0.25) is 12.7 Å². The summed E-state index contributed by atoms with van der Waals surface area (Å²) >= 11 is 0. The monoisotopic (exact) mass is 352 g/mol. The van der Waals surface area contributed by atoms with Crippen LogP contribution in [0.5, 0.6) is 17.4 Å². The van der Waals surface area contributed by atoms with Gasteiger partial charge < -0.3 is 24.6 Å². The molecule has 8 heteroatoms. The molecule has 26 heavy (non-hydrogen) atoms. The molecule has 0 saturated heterocycles. The second kappa shape index (κ2) is 7.60. The molecule has 0 saturated carbocycles. The first-order valence-corrected chi connectivity index (χ1v) is 7.99. The molecule has 3 rings (SSSR count). The lowest BCUT2D eigenvalue weighted by Gasteiger charge is -2.16. The van der Waals surface area contributed by atoms with E-state index in [0.717, 1.165) is 0 Å². The summed E-state index contributed by atoms with van der Waals surface area (Å²) in [6.07, 6.45) is 0. The average Bonchev–Trinajstić information content (AvgIpc) is 3.13. The number of aliphatic hydroxyl groups excluding tert-OH is 1. The topological polar surface area (TPSA) is 120 Å². The van der Waals surface area contributed by atoms with Crippen molar-refractivity contribution in [2.75, 3.05) is 31.9 Å². The highest BCUT2D eigenvalue weighted by Crippen LogP contribution is 2.41. The van der Waals surface area contributed by atoms with Gasteiger partial charge in [0.15, 0.2) is 11.5 Å². The number of fused-ring (bicyclic) bond motifs is 1. The summed E-state index contributed by atoms with van der Waals surface area (Å²) in [5.41, 5.74) is 1.36. The summed E-state index contributed by atoms with van der Waals surface area (Å²) in [5, 5.41) is 31.3. The quantitative estimate of drug-likeness (QED) is 0.810. The van der Waals surface area contributed by atoms with Crippen molar-refractivity contribution in [3.05, 3.63) is 29.3 Å². The van der Waals surface area contributed by atoms with Crippen LogP contribution < -0.4 is 19.5 Å². The minimum absolute atomic E-state index is 0.124. The van der Waals surface area contributed by atoms with E-state index in [1.807, 2.05) is 0 Å². The third-order valence-corrected chi connectivity index (χ3v) is 3.73. The Morgan fingerprint density at radius 1 is 1.23 bits per heavy atom. The SMILES string of the molecule is CCOc1nc(NCCO)c(C#N)c(-c2ccc3c(c2)OCO3)c1C#N. The fraction of sp³-hybridized carbons (Fsp3) is 0.278. The molecule has 0 bridgehead atoms. The molecule has 0 unspecified atom stereocenters. The van der Waals surface area contributed by atoms with Crippen molar-refractivity contribution in [1.29, 1.82) is 10.5 Å². The molecule has 2 heterocycles. The number of benzene rings is 1. The van der Waals surface area contributed by atoms with Gasteiger partial charge in [0, 0.05) is 12.1 Å². The highest BCUT2D eigenvalue weighted by atomic mass is 16.7. The highest BCUT2D eigenvalue weighted by molar-refractivity contribution is 5.84. The number of pyridine rings is 1. The number of nitriles is 2. The molecule has 0 radical (unpaired) electrons. The Morgan fingerprint density at radius 3 is 2.69 bits per heavy atom. The van der Waals surface area contributed by atoms with E-state index in [1.165, 1.54) is 0 Å². The lowest BCUT2D eigenvalue weighted by Crippen LogP contribution is -2.11. The van der Waals surface area contributed by atoms with Crippen LogP contribution >= 0.6 is 0 Å². The lowest BCUT2D eigenvalue weighted by atomic mass is 9.96. The maximum Gasteiger partial charge on any atom is 0.234 e. The van der Waals surface area contributed by atoms with Crippen molar-refractivity contribution in [3.63, 3.8) is 0 Å². The molecule has 132 valence electrons. The third kappa shape index (κ3) is 3.06. The molecule has 0 aliphatic carbocycles. The van der Waals surface area contributed by atoms with Crippen LogP contribution in [-0.2, 0) is 0 Å². The molecule has 0 fully saturated rings. The molecule has 1 aliphatic rings. The predicted molar refractivity (Wildman–Crippen MR) is 92.0 cm³/mol. The molecule has 1 aliphatic heterocycles. The first-order chi connectivity index (χ1) is 12.7. The predicted octanol–water partition coefficient (Wildman–Crippen LogP) is 2.02. The van der Waals surface area contributed by atoms with Crippen molar-refractivity contribution in [1.82, 2.24) is 4.98 Å². The average molecular weight is 352 g/mol. The Bertz CT molecular complexity index is 915. The van der Waals surface area contributed by atoms with Crippen molar-refractivity contribution in [3.8, 4) is 40.6 Å². The van der Waals surface area contributed by atoms with Gasteiger partial charge >= 0.3 is 0 Å². The number of anilines is 1. The Morgan fingerprint density at radius 2 is 2.00 bits per heavy atom. The van der Waals surface area contributed by atoms with Gasteiger partial charge in [0.1, 0.15) is 29.1 Å². The number of nitrogens with one attached hydrogen (secondary N) is 1. The molecular weight excluding hydrogens is 336 g/mol. The van der Waals surface area contributed by atoms with Crippen LogP contribution in [0.4, 0.5) is 5.82 Å². The number of hydrogen-bond donors (Lipinski definition) is 2. The van der Waals surface area contributed by atoms with Gasteiger partial charge in [-0.3, -0.25) is 0 Å². The van der Waals surface area contributed by atoms with Gasteiger partial charge in [-0.1, -0.05) is 6.07 Å². The molecule has 2 N–H and O–H groups in total. The van der Waals surface area contributed by atoms with E-state index in [2.05, 4.69) is 22.4 Å². The molecule has 2 aromatic rings. The van der Waals surface area contributed by atoms with E-state index in [-0.39, 0.29) is 42.8 Å². The Labute approximate surface area is 150 Å². The van der Waals surface area contributed by atoms with E-state index in [4.69, 9.17) is 19.3 Å². The zero-order valence-electron chi connectivity index (χ0n) is 14.1. The van der Waals surface area contributed by atoms with Crippen molar-refractivity contribution in [2.45, 2.75) is 6.92 Å². The number of aromatic nitrogens is 1. The minimum atomic E-state index is -0.129. The zero-order valence-corrected chi connectivity index (χ0v) is 14.1. The van der Waals surface area contributed by atoms with Crippen LogP contribution in [-0.4, -0.2) is 36.6 Å². The molecule has 1 aromatic carbocycles. The van der Waals surface area contributed by atoms with Crippen molar-refractivity contribution < 1.29 is 19.3 Å². The summed E-state index contributed by atoms with van der Waals surface area (Å²) in [6.45, 7) is 2.30. The van der Waals surface area contributed by atoms with Gasteiger partial charge in [-0.05, 0) is 24.6 Å². The number of rotatable bonds is 6. The fourth-order valence-electron chi connectivity index (χ4n) is 2.66. The maximum absolute atomic E-state index is 9.70. The Balaban J connectivity index is 2.25. The van der Waals surface area contributed by atoms with E-state index >= 15 is 0 Å². The summed E-state index contributed by atoms with van der Waals surface area (Å²) in [4.78, 5) is 4.25. The van der Waals surface area contributed by atoms with Crippen molar-refractivity contribution >= 4 is 5.82 Å². The van der Waals surface area contributed by atoms with E-state index < -0.39 is 0 Å². The number of hydrogen-bond acceptors (Lipinski definition) is 8. The molecule has 0 spiro atoms. The van der Waals surface area contributed by atoms with E-state index in [0.29, 0.717) is 29.2 Å². The van der Waals surface area contributed by atoms with Crippen LogP contribution in [0.3, 0.4) is 0 Å². The summed E-state index contributed by atoms with van der Waals surface area (Å²) in [6, 6.07) is 9.37. The molecule has 0 atom stereocenters. The van der Waals surface area contributed by atoms with Crippen LogP contribution in [0.2, 0.25) is 0 Å². The normalized spacial score (nSPS) is 11.5. The zero-order chi connectivity index (χ0) is 18.5. The Kier molecular flexibility index (Phi) is 5.07. The highest BCUT2D eigenvalue weighted by Gasteiger charge is 2.24. The first-order valence-electron chi connectivity index (χ1n) is 7.99. The van der Waals surface area contributed by atoms with Gasteiger partial charge in [-0.25, -0.2) is 0 Å². The fourth-order valence-corrected chi connectivity index (χ4v) is 2.66. The summed E-state index contributed by atoms with van der Waals surface area (Å²) in [7, 11) is 0. The Hall–Kier alpha value is -3.49. The number of nitrogens with zero attached hydrogens (tertiary/aromatic N) is 3. The second-order valence-corrected chi connectivity index (χ2v) is 5.27. The third-order valence-electron chi connectivity index (χ3n) is 3.73. The van der Waals surface area contributed by atoms with Gasteiger partial charge in [0.25, 0.3) is 0 Å². The smallest absolute Gasteiger partial charge is 0.234 e. The standard InChI is InChI=1S/C18H16N4O4/c1-2-24-18-13(9-20)16(12(8-19)17(22-18)21-5-6-23)11-3-4-14-15(7-11)26-10-25-14/h3-4,7,23H,2,5-6,10H2,1H3,(H,21,22).